The molecule has 0 spiro atoms. The highest BCUT2D eigenvalue weighted by atomic mass is 35.5. The molecule has 1 aromatic carbocycles. The van der Waals surface area contributed by atoms with Gasteiger partial charge in [-0.3, -0.25) is 4.79 Å². The maximum Gasteiger partial charge on any atom is 0.265 e. The first-order chi connectivity index (χ1) is 10.8. The summed E-state index contributed by atoms with van der Waals surface area (Å²) in [4.78, 5) is 16.0. The van der Waals surface area contributed by atoms with Crippen molar-refractivity contribution in [2.75, 3.05) is 6.54 Å². The predicted molar refractivity (Wildman–Crippen MR) is 97.4 cm³/mol. The lowest BCUT2D eigenvalue weighted by molar-refractivity contribution is 0.0713. The van der Waals surface area contributed by atoms with Gasteiger partial charge >= 0.3 is 0 Å². The number of halogens is 1. The van der Waals surface area contributed by atoms with E-state index in [9.17, 15) is 4.79 Å². The topological polar surface area (TPSA) is 20.3 Å². The third kappa shape index (κ3) is 2.49. The van der Waals surface area contributed by atoms with Crippen LogP contribution in [-0.4, -0.2) is 23.4 Å². The number of nitrogens with zero attached hydrogens (tertiary/aromatic N) is 1. The molecule has 23 heavy (non-hydrogen) atoms. The summed E-state index contributed by atoms with van der Waals surface area (Å²) in [5, 5.41) is 1.62. The molecule has 2 nitrogen and oxygen atoms in total. The Balaban J connectivity index is 1.71. The minimum Gasteiger partial charge on any atom is -0.334 e. The number of benzene rings is 1. The Kier molecular flexibility index (Phi) is 3.34. The van der Waals surface area contributed by atoms with Gasteiger partial charge in [0.15, 0.2) is 0 Å². The van der Waals surface area contributed by atoms with Crippen LogP contribution in [0.15, 0.2) is 24.3 Å². The van der Waals surface area contributed by atoms with Crippen molar-refractivity contribution in [2.24, 2.45) is 10.8 Å². The van der Waals surface area contributed by atoms with Crippen LogP contribution in [0.3, 0.4) is 0 Å². The van der Waals surface area contributed by atoms with Gasteiger partial charge in [-0.05, 0) is 36.2 Å². The Morgan fingerprint density at radius 1 is 1.26 bits per heavy atom. The molecule has 2 aliphatic rings. The Morgan fingerprint density at radius 2 is 2.00 bits per heavy atom. The molecular weight excluding hydrogens is 326 g/mol. The lowest BCUT2D eigenvalue weighted by Crippen LogP contribution is -2.37. The number of hydrogen-bond donors (Lipinski definition) is 0. The summed E-state index contributed by atoms with van der Waals surface area (Å²) < 4.78 is 1.09. The van der Waals surface area contributed by atoms with Crippen molar-refractivity contribution in [3.63, 3.8) is 0 Å². The Morgan fingerprint density at radius 3 is 2.74 bits per heavy atom. The standard InChI is InChI=1S/C19H22ClNOS/c1-18(2)8-12-9-19(3,10-18)11-21(12)17(22)16-15(20)13-6-4-5-7-14(13)23-16/h4-7,12H,8-11H2,1-3H3/t12-,19+/m1/s1. The number of amides is 1. The smallest absolute Gasteiger partial charge is 0.265 e. The van der Waals surface area contributed by atoms with Crippen LogP contribution in [0.25, 0.3) is 10.1 Å². The van der Waals surface area contributed by atoms with Gasteiger partial charge in [0.2, 0.25) is 0 Å². The monoisotopic (exact) mass is 347 g/mol. The Bertz CT molecular complexity index is 796. The molecular formula is C19H22ClNOS. The molecule has 122 valence electrons. The molecule has 1 aromatic heterocycles. The second-order valence-corrected chi connectivity index (χ2v) is 9.82. The van der Waals surface area contributed by atoms with E-state index in [0.29, 0.717) is 21.4 Å². The van der Waals surface area contributed by atoms with Gasteiger partial charge in [-0.1, -0.05) is 50.6 Å². The maximum absolute atomic E-state index is 13.2. The maximum atomic E-state index is 13.2. The number of thiophene rings is 1. The Labute approximate surface area is 146 Å². The van der Waals surface area contributed by atoms with Gasteiger partial charge in [-0.2, -0.15) is 0 Å². The highest BCUT2D eigenvalue weighted by Gasteiger charge is 2.51. The first-order valence-corrected chi connectivity index (χ1v) is 9.46. The third-order valence-corrected chi connectivity index (χ3v) is 7.07. The van der Waals surface area contributed by atoms with Crippen LogP contribution in [-0.2, 0) is 0 Å². The fourth-order valence-electron chi connectivity index (χ4n) is 4.98. The van der Waals surface area contributed by atoms with E-state index >= 15 is 0 Å². The van der Waals surface area contributed by atoms with Crippen molar-refractivity contribution in [1.82, 2.24) is 4.90 Å². The summed E-state index contributed by atoms with van der Waals surface area (Å²) in [6.45, 7) is 7.86. The van der Waals surface area contributed by atoms with Gasteiger partial charge < -0.3 is 4.90 Å². The van der Waals surface area contributed by atoms with Crippen LogP contribution in [0.4, 0.5) is 0 Å². The molecule has 1 aliphatic carbocycles. The zero-order valence-electron chi connectivity index (χ0n) is 13.9. The summed E-state index contributed by atoms with van der Waals surface area (Å²) in [7, 11) is 0. The van der Waals surface area contributed by atoms with Crippen molar-refractivity contribution in [2.45, 2.75) is 46.1 Å². The van der Waals surface area contributed by atoms with Crippen LogP contribution >= 0.6 is 22.9 Å². The number of fused-ring (bicyclic) bond motifs is 3. The quantitative estimate of drug-likeness (QED) is 0.658. The summed E-state index contributed by atoms with van der Waals surface area (Å²) >= 11 is 8.06. The molecule has 2 heterocycles. The SMILES string of the molecule is CC1(C)C[C@@H]2C[C@](C)(CN2C(=O)c2sc3ccccc3c2Cl)C1. The zero-order chi connectivity index (χ0) is 16.4. The van der Waals surface area contributed by atoms with Crippen LogP contribution in [0.5, 0.6) is 0 Å². The minimum atomic E-state index is 0.127. The first kappa shape index (κ1) is 15.5. The van der Waals surface area contributed by atoms with Gasteiger partial charge in [0.05, 0.1) is 5.02 Å². The molecule has 2 atom stereocenters. The van der Waals surface area contributed by atoms with Gasteiger partial charge in [0.1, 0.15) is 4.88 Å². The van der Waals surface area contributed by atoms with E-state index in [1.54, 1.807) is 0 Å². The molecule has 1 amide bonds. The largest absolute Gasteiger partial charge is 0.334 e. The first-order valence-electron chi connectivity index (χ1n) is 8.26. The second-order valence-electron chi connectivity index (χ2n) is 8.39. The fraction of sp³-hybridized carbons (Fsp3) is 0.526. The number of rotatable bonds is 1. The number of likely N-dealkylation sites (tertiary alicyclic amines) is 1. The van der Waals surface area contributed by atoms with Crippen LogP contribution in [0.1, 0.15) is 49.7 Å². The minimum absolute atomic E-state index is 0.127. The lowest BCUT2D eigenvalue weighted by atomic mass is 9.65. The zero-order valence-corrected chi connectivity index (χ0v) is 15.4. The predicted octanol–water partition coefficient (Wildman–Crippen LogP) is 5.60. The van der Waals surface area contributed by atoms with Gasteiger partial charge in [-0.15, -0.1) is 11.3 Å². The van der Waals surface area contributed by atoms with E-state index < -0.39 is 0 Å². The summed E-state index contributed by atoms with van der Waals surface area (Å²) in [5.41, 5.74) is 0.571. The van der Waals surface area contributed by atoms with Crippen molar-refractivity contribution >= 4 is 38.9 Å². The number of carbonyl (C=O) groups is 1. The van der Waals surface area contributed by atoms with E-state index in [0.717, 1.165) is 29.5 Å². The van der Waals surface area contributed by atoms with Gasteiger partial charge in [-0.25, -0.2) is 0 Å². The molecule has 1 saturated carbocycles. The highest BCUT2D eigenvalue weighted by Crippen LogP contribution is 2.53. The molecule has 4 rings (SSSR count). The van der Waals surface area contributed by atoms with E-state index in [1.165, 1.54) is 17.8 Å². The average Bonchev–Trinajstić information content (AvgIpc) is 2.92. The molecule has 1 saturated heterocycles. The Hall–Kier alpha value is -1.06. The highest BCUT2D eigenvalue weighted by molar-refractivity contribution is 7.21. The van der Waals surface area contributed by atoms with Crippen molar-refractivity contribution in [3.05, 3.63) is 34.2 Å². The second kappa shape index (κ2) is 4.97. The molecule has 2 bridgehead atoms. The molecule has 1 aliphatic heterocycles. The summed E-state index contributed by atoms with van der Waals surface area (Å²) in [6.07, 6.45) is 3.42. The summed E-state index contributed by atoms with van der Waals surface area (Å²) in [5.74, 6) is 0.127. The average molecular weight is 348 g/mol. The normalized spacial score (nSPS) is 29.2. The molecule has 4 heteroatoms. The van der Waals surface area contributed by atoms with Gasteiger partial charge in [0.25, 0.3) is 5.91 Å². The lowest BCUT2D eigenvalue weighted by Gasteiger charge is -2.39. The molecule has 0 N–H and O–H groups in total. The molecule has 2 aromatic rings. The van der Waals surface area contributed by atoms with Crippen molar-refractivity contribution in [3.8, 4) is 0 Å². The van der Waals surface area contributed by atoms with Crippen molar-refractivity contribution < 1.29 is 4.79 Å². The van der Waals surface area contributed by atoms with E-state index in [4.69, 9.17) is 11.6 Å². The van der Waals surface area contributed by atoms with Crippen LogP contribution in [0, 0.1) is 10.8 Å². The summed E-state index contributed by atoms with van der Waals surface area (Å²) in [6, 6.07) is 8.36. The molecule has 0 radical (unpaired) electrons. The number of carbonyl (C=O) groups excluding carboxylic acids is 1. The van der Waals surface area contributed by atoms with E-state index in [-0.39, 0.29) is 11.3 Å². The number of hydrogen-bond acceptors (Lipinski definition) is 2. The van der Waals surface area contributed by atoms with E-state index in [2.05, 4.69) is 25.7 Å². The third-order valence-electron chi connectivity index (χ3n) is 5.40. The van der Waals surface area contributed by atoms with Crippen molar-refractivity contribution in [1.29, 1.82) is 0 Å². The molecule has 2 fully saturated rings. The molecule has 0 unspecified atom stereocenters. The fourth-order valence-corrected chi connectivity index (χ4v) is 6.45. The van der Waals surface area contributed by atoms with Gasteiger partial charge in [0, 0.05) is 22.7 Å². The van der Waals surface area contributed by atoms with E-state index in [1.807, 2.05) is 24.3 Å². The van der Waals surface area contributed by atoms with Crippen LogP contribution in [0.2, 0.25) is 5.02 Å². The van der Waals surface area contributed by atoms with Crippen LogP contribution < -0.4 is 0 Å².